The third-order valence-electron chi connectivity index (χ3n) is 5.16. The maximum absolute atomic E-state index is 10.7. The molecule has 6 heteroatoms. The third kappa shape index (κ3) is 4.68. The molecule has 0 aliphatic rings. The molecule has 0 atom stereocenters. The molecule has 0 spiro atoms. The van der Waals surface area contributed by atoms with Gasteiger partial charge in [-0.1, -0.05) is 77.5 Å². The molecule has 5 aromatic rings. The van der Waals surface area contributed by atoms with Crippen LogP contribution in [-0.2, 0) is 0 Å². The van der Waals surface area contributed by atoms with Crippen molar-refractivity contribution >= 4 is 27.4 Å². The lowest BCUT2D eigenvalue weighted by molar-refractivity contribution is 0.487. The summed E-state index contributed by atoms with van der Waals surface area (Å²) < 4.78 is 30.4. The van der Waals surface area contributed by atoms with Crippen molar-refractivity contribution in [2.24, 2.45) is 0 Å². The lowest BCUT2D eigenvalue weighted by Crippen LogP contribution is -2.09. The van der Waals surface area contributed by atoms with Crippen LogP contribution >= 0.6 is 10.8 Å². The summed E-state index contributed by atoms with van der Waals surface area (Å²) in [6, 6.07) is 34.2. The Bertz CT molecular complexity index is 1380. The molecule has 1 aromatic heterocycles. The predicted molar refractivity (Wildman–Crippen MR) is 135 cm³/mol. The zero-order valence-electron chi connectivity index (χ0n) is 17.6. The summed E-state index contributed by atoms with van der Waals surface area (Å²) in [7, 11) is -3.22. The van der Waals surface area contributed by atoms with Gasteiger partial charge in [0.25, 0.3) is 0 Å². The van der Waals surface area contributed by atoms with E-state index in [9.17, 15) is 9.11 Å². The van der Waals surface area contributed by atoms with Gasteiger partial charge in [-0.2, -0.15) is 0 Å². The molecule has 0 fully saturated rings. The van der Waals surface area contributed by atoms with Crippen molar-refractivity contribution in [3.8, 4) is 22.6 Å². The number of aromatic nitrogens is 1. The van der Waals surface area contributed by atoms with Crippen LogP contribution in [0.4, 0.5) is 5.69 Å². The molecule has 0 radical (unpaired) electrons. The molecule has 0 saturated heterocycles. The van der Waals surface area contributed by atoms with Gasteiger partial charge in [-0.15, -0.1) is 0 Å². The van der Waals surface area contributed by atoms with Crippen LogP contribution in [0.15, 0.2) is 120 Å². The van der Waals surface area contributed by atoms with E-state index in [0.29, 0.717) is 27.6 Å². The van der Waals surface area contributed by atoms with E-state index in [1.165, 1.54) is 0 Å². The van der Waals surface area contributed by atoms with E-state index in [0.717, 1.165) is 16.5 Å². The van der Waals surface area contributed by atoms with Crippen molar-refractivity contribution < 1.29 is 13.8 Å². The summed E-state index contributed by atoms with van der Waals surface area (Å²) in [6.45, 7) is 0. The molecule has 0 aliphatic heterocycles. The van der Waals surface area contributed by atoms with Gasteiger partial charge < -0.3 is 4.74 Å². The van der Waals surface area contributed by atoms with Crippen LogP contribution < -0.4 is 9.46 Å². The van der Waals surface area contributed by atoms with E-state index < -0.39 is 10.8 Å². The Morgan fingerprint density at radius 3 is 2.03 bits per heavy atom. The second kappa shape index (κ2) is 8.96. The Labute approximate surface area is 193 Å². The fourth-order valence-corrected chi connectivity index (χ4v) is 4.69. The topological polar surface area (TPSA) is 74.6 Å². The minimum Gasteiger partial charge on any atom is -0.455 e. The summed E-state index contributed by atoms with van der Waals surface area (Å²) in [5.74, 6) is 1.34. The number of ether oxygens (including phenoxy) is 1. The van der Waals surface area contributed by atoms with Crippen LogP contribution in [0.1, 0.15) is 0 Å². The van der Waals surface area contributed by atoms with Crippen LogP contribution in [-0.4, -0.2) is 14.1 Å². The second-order valence-corrected chi connectivity index (χ2v) is 9.29. The lowest BCUT2D eigenvalue weighted by Gasteiger charge is -2.33. The molecule has 0 saturated carbocycles. The monoisotopic (exact) mass is 454 g/mol. The molecule has 1 heterocycles. The van der Waals surface area contributed by atoms with Crippen LogP contribution in [0.25, 0.3) is 22.0 Å². The molecule has 5 rings (SSSR count). The summed E-state index contributed by atoms with van der Waals surface area (Å²) in [6.07, 6.45) is 1.58. The minimum absolute atomic E-state index is 0.413. The van der Waals surface area contributed by atoms with E-state index >= 15 is 0 Å². The number of hydrogen-bond donors (Lipinski definition) is 3. The normalized spacial score (nSPS) is 11.8. The van der Waals surface area contributed by atoms with Gasteiger partial charge in [-0.3, -0.25) is 18.8 Å². The van der Waals surface area contributed by atoms with Crippen molar-refractivity contribution in [3.63, 3.8) is 0 Å². The fraction of sp³-hybridized carbons (Fsp3) is 0. The molecular formula is C27H22N2O3S. The van der Waals surface area contributed by atoms with E-state index in [2.05, 4.69) is 9.71 Å². The summed E-state index contributed by atoms with van der Waals surface area (Å²) in [5, 5.41) is 0.815. The number of nitrogens with one attached hydrogen (secondary N) is 1. The minimum atomic E-state index is -3.22. The summed E-state index contributed by atoms with van der Waals surface area (Å²) in [5.41, 5.74) is 3.20. The van der Waals surface area contributed by atoms with Crippen molar-refractivity contribution in [2.45, 2.75) is 4.90 Å². The van der Waals surface area contributed by atoms with Gasteiger partial charge in [0.15, 0.2) is 5.75 Å². The Morgan fingerprint density at radius 2 is 1.33 bits per heavy atom. The standard InChI is InChI=1S/C27H22N2O3S/c30-33(31,25-14-8-3-9-15-25)29-23-17-22-16-21(20-10-4-1-5-11-20)18-26(27(22)28-19-23)32-24-12-6-2-7-13-24/h1-19,29-31H. The predicted octanol–water partition coefficient (Wildman–Crippen LogP) is 7.83. The average molecular weight is 455 g/mol. The highest BCUT2D eigenvalue weighted by Crippen LogP contribution is 2.48. The van der Waals surface area contributed by atoms with Gasteiger partial charge >= 0.3 is 0 Å². The molecule has 3 N–H and O–H groups in total. The molecule has 164 valence electrons. The van der Waals surface area contributed by atoms with Gasteiger partial charge in [0.05, 0.1) is 16.8 Å². The third-order valence-corrected chi connectivity index (χ3v) is 6.61. The Hall–Kier alpha value is -3.84. The Kier molecular flexibility index (Phi) is 5.71. The van der Waals surface area contributed by atoms with Crippen molar-refractivity contribution in [1.29, 1.82) is 0 Å². The molecule has 33 heavy (non-hydrogen) atoms. The fourth-order valence-electron chi connectivity index (χ4n) is 3.60. The van der Waals surface area contributed by atoms with E-state index in [-0.39, 0.29) is 0 Å². The number of pyridine rings is 1. The Balaban J connectivity index is 1.58. The van der Waals surface area contributed by atoms with Crippen molar-refractivity contribution in [3.05, 3.63) is 115 Å². The van der Waals surface area contributed by atoms with Crippen LogP contribution in [0, 0.1) is 0 Å². The number of nitrogens with zero attached hydrogens (tertiary/aromatic N) is 1. The summed E-state index contributed by atoms with van der Waals surface area (Å²) >= 11 is 0. The number of fused-ring (bicyclic) bond motifs is 1. The van der Waals surface area contributed by atoms with Gasteiger partial charge in [0.2, 0.25) is 0 Å². The SMILES string of the molecule is OS(O)(Nc1cnc2c(Oc3ccccc3)cc(-c3ccccc3)cc2c1)c1ccccc1. The zero-order valence-corrected chi connectivity index (χ0v) is 18.4. The number of benzene rings is 4. The number of rotatable bonds is 6. The quantitative estimate of drug-likeness (QED) is 0.244. The highest BCUT2D eigenvalue weighted by atomic mass is 32.3. The smallest absolute Gasteiger partial charge is 0.154 e. The first-order chi connectivity index (χ1) is 16.1. The first-order valence-electron chi connectivity index (χ1n) is 10.4. The maximum atomic E-state index is 10.7. The highest BCUT2D eigenvalue weighted by Gasteiger charge is 2.16. The first kappa shape index (κ1) is 21.0. The molecule has 0 bridgehead atoms. The van der Waals surface area contributed by atoms with E-state index in [1.807, 2.05) is 84.9 Å². The molecule has 4 aromatic carbocycles. The van der Waals surface area contributed by atoms with Crippen molar-refractivity contribution in [2.75, 3.05) is 4.72 Å². The second-order valence-electron chi connectivity index (χ2n) is 7.52. The molecule has 0 aliphatic carbocycles. The molecule has 5 nitrogen and oxygen atoms in total. The number of anilines is 1. The van der Waals surface area contributed by atoms with Crippen LogP contribution in [0.3, 0.4) is 0 Å². The van der Waals surface area contributed by atoms with Gasteiger partial charge in [0, 0.05) is 5.39 Å². The van der Waals surface area contributed by atoms with E-state index in [4.69, 9.17) is 4.74 Å². The molecule has 0 amide bonds. The van der Waals surface area contributed by atoms with Crippen molar-refractivity contribution in [1.82, 2.24) is 4.98 Å². The zero-order chi connectivity index (χ0) is 22.7. The largest absolute Gasteiger partial charge is 0.455 e. The van der Waals surface area contributed by atoms with Gasteiger partial charge in [-0.05, 0) is 53.6 Å². The Morgan fingerprint density at radius 1 is 0.697 bits per heavy atom. The lowest BCUT2D eigenvalue weighted by atomic mass is 10.0. The maximum Gasteiger partial charge on any atom is 0.154 e. The van der Waals surface area contributed by atoms with Gasteiger partial charge in [-0.25, -0.2) is 0 Å². The molecular weight excluding hydrogens is 432 g/mol. The summed E-state index contributed by atoms with van der Waals surface area (Å²) in [4.78, 5) is 5.01. The number of para-hydroxylation sites is 1. The average Bonchev–Trinajstić information content (AvgIpc) is 2.85. The molecule has 0 unspecified atom stereocenters. The van der Waals surface area contributed by atoms with Crippen LogP contribution in [0.5, 0.6) is 11.5 Å². The highest BCUT2D eigenvalue weighted by molar-refractivity contribution is 8.25. The first-order valence-corrected chi connectivity index (χ1v) is 12.0. The van der Waals surface area contributed by atoms with E-state index in [1.54, 1.807) is 30.5 Å². The number of hydrogen-bond acceptors (Lipinski definition) is 5. The van der Waals surface area contributed by atoms with Gasteiger partial charge in [0.1, 0.15) is 11.3 Å². The van der Waals surface area contributed by atoms with Crippen LogP contribution in [0.2, 0.25) is 0 Å².